The van der Waals surface area contributed by atoms with Gasteiger partial charge in [-0.15, -0.1) is 0 Å². The molecule has 0 aliphatic carbocycles. The Morgan fingerprint density at radius 2 is 2.00 bits per heavy atom. The summed E-state index contributed by atoms with van der Waals surface area (Å²) in [5.74, 6) is 0.506. The molecule has 5 unspecified atom stereocenters. The summed E-state index contributed by atoms with van der Waals surface area (Å²) in [5.41, 5.74) is 7.67. The summed E-state index contributed by atoms with van der Waals surface area (Å²) < 4.78 is 41.3. The number of benzene rings is 1. The van der Waals surface area contributed by atoms with E-state index < -0.39 is 44.6 Å². The molecule has 5 rings (SSSR count). The van der Waals surface area contributed by atoms with E-state index in [1.54, 1.807) is 16.7 Å². The first kappa shape index (κ1) is 29.6. The first-order valence-electron chi connectivity index (χ1n) is 12.5. The molecule has 0 radical (unpaired) electrons. The van der Waals surface area contributed by atoms with Gasteiger partial charge in [0.1, 0.15) is 24.6 Å². The fourth-order valence-electron chi connectivity index (χ4n) is 4.22. The van der Waals surface area contributed by atoms with E-state index >= 15 is 0 Å². The number of rotatable bonds is 7. The molecule has 3 aromatic rings. The van der Waals surface area contributed by atoms with E-state index in [0.29, 0.717) is 15.9 Å². The largest absolute Gasteiger partial charge is 0.407 e. The minimum atomic E-state index is -3.64. The Kier molecular flexibility index (Phi) is 7.93. The topological polar surface area (TPSA) is 167 Å². The number of hydrogen-bond donors (Lipinski definition) is 1. The number of nitro benzene ring substituents is 1. The minimum absolute atomic E-state index is 0.0154. The fourth-order valence-corrected chi connectivity index (χ4v) is 9.44. The van der Waals surface area contributed by atoms with Crippen LogP contribution in [0.25, 0.3) is 11.2 Å². The average molecular weight is 674 g/mol. The van der Waals surface area contributed by atoms with Crippen LogP contribution in [0.1, 0.15) is 32.6 Å². The Labute approximate surface area is 244 Å². The van der Waals surface area contributed by atoms with Gasteiger partial charge in [0.25, 0.3) is 5.69 Å². The van der Waals surface area contributed by atoms with Crippen molar-refractivity contribution in [3.05, 3.63) is 51.0 Å². The van der Waals surface area contributed by atoms with Gasteiger partial charge in [-0.05, 0) is 51.0 Å². The van der Waals surface area contributed by atoms with Gasteiger partial charge in [-0.25, -0.2) is 19.5 Å². The molecule has 0 amide bonds. The molecular weight excluding hydrogens is 643 g/mol. The summed E-state index contributed by atoms with van der Waals surface area (Å²) >= 11 is 4.54. The van der Waals surface area contributed by atoms with E-state index in [-0.39, 0.29) is 28.9 Å². The predicted molar refractivity (Wildman–Crippen MR) is 156 cm³/mol. The first-order valence-corrected chi connectivity index (χ1v) is 19.3. The average Bonchev–Trinajstić information content (AvgIpc) is 3.39. The molecule has 1 aromatic carbocycles. The number of halogens is 1. The smallest absolute Gasteiger partial charge is 0.389 e. The third-order valence-corrected chi connectivity index (χ3v) is 16.1. The number of nitrogens with zero attached hydrogens (tertiary/aromatic N) is 5. The van der Waals surface area contributed by atoms with Crippen LogP contribution in [0.4, 0.5) is 11.5 Å². The van der Waals surface area contributed by atoms with Crippen LogP contribution in [0.3, 0.4) is 0 Å². The number of nitrogen functional groups attached to an aromatic ring is 1. The number of fused-ring (bicyclic) bond motifs is 2. The number of non-ortho nitro benzene ring substituents is 1. The molecule has 4 heterocycles. The highest BCUT2D eigenvalue weighted by molar-refractivity contribution is 9.10. The molecule has 5 atom stereocenters. The van der Waals surface area contributed by atoms with Gasteiger partial charge in [0.2, 0.25) is 0 Å². The van der Waals surface area contributed by atoms with Crippen LogP contribution in [0.2, 0.25) is 18.1 Å². The van der Waals surface area contributed by atoms with E-state index in [9.17, 15) is 14.7 Å². The normalized spacial score (nSPS) is 27.1. The zero-order chi connectivity index (χ0) is 29.0. The van der Waals surface area contributed by atoms with Crippen LogP contribution >= 0.6 is 34.1 Å². The second-order valence-corrected chi connectivity index (χ2v) is 20.6. The SMILES string of the molecule is CC(C)(C)[Si](C)(C)OC1C2OP(=O)(SCc3ccc([N+](=O)[O-])cc3)OCC2OC1n1c(Br)nc2c(N)ncnc21. The quantitative estimate of drug-likeness (QED) is 0.105. The lowest BCUT2D eigenvalue weighted by Crippen LogP contribution is -2.50. The van der Waals surface area contributed by atoms with Gasteiger partial charge in [0.15, 0.2) is 36.3 Å². The Balaban J connectivity index is 1.45. The van der Waals surface area contributed by atoms with Crippen molar-refractivity contribution in [2.45, 2.75) is 69.2 Å². The zero-order valence-electron chi connectivity index (χ0n) is 22.5. The highest BCUT2D eigenvalue weighted by atomic mass is 79.9. The molecule has 0 bridgehead atoms. The molecule has 2 fully saturated rings. The molecule has 0 spiro atoms. The third kappa shape index (κ3) is 5.60. The van der Waals surface area contributed by atoms with Crippen molar-refractivity contribution in [2.75, 3.05) is 12.3 Å². The summed E-state index contributed by atoms with van der Waals surface area (Å²) in [5, 5.41) is 10.8. The van der Waals surface area contributed by atoms with Crippen LogP contribution in [-0.4, -0.2) is 57.7 Å². The molecule has 2 saturated heterocycles. The fraction of sp³-hybridized carbons (Fsp3) is 0.522. The molecule has 216 valence electrons. The van der Waals surface area contributed by atoms with Crippen LogP contribution in [-0.2, 0) is 28.5 Å². The van der Waals surface area contributed by atoms with Crippen molar-refractivity contribution in [1.82, 2.24) is 19.5 Å². The van der Waals surface area contributed by atoms with E-state index in [0.717, 1.165) is 16.9 Å². The van der Waals surface area contributed by atoms with Crippen molar-refractivity contribution >= 4 is 65.1 Å². The number of aromatic nitrogens is 4. The number of ether oxygens (including phenoxy) is 1. The van der Waals surface area contributed by atoms with E-state index in [1.165, 1.54) is 18.5 Å². The molecule has 40 heavy (non-hydrogen) atoms. The molecule has 2 N–H and O–H groups in total. The first-order chi connectivity index (χ1) is 18.7. The monoisotopic (exact) mass is 672 g/mol. The molecule has 2 aliphatic rings. The number of hydrogen-bond acceptors (Lipinski definition) is 12. The number of anilines is 1. The van der Waals surface area contributed by atoms with Gasteiger partial charge in [0, 0.05) is 17.9 Å². The molecular formula is C23H30BrN6O7PSSi. The van der Waals surface area contributed by atoms with Gasteiger partial charge in [-0.2, -0.15) is 0 Å². The van der Waals surface area contributed by atoms with Crippen molar-refractivity contribution in [2.24, 2.45) is 0 Å². The van der Waals surface area contributed by atoms with Gasteiger partial charge >= 0.3 is 6.80 Å². The molecule has 2 aromatic heterocycles. The third-order valence-electron chi connectivity index (χ3n) is 7.42. The Morgan fingerprint density at radius 3 is 2.65 bits per heavy atom. The number of nitro groups is 1. The van der Waals surface area contributed by atoms with E-state index in [1.807, 2.05) is 0 Å². The molecule has 17 heteroatoms. The summed E-state index contributed by atoms with van der Waals surface area (Å²) in [6.07, 6.45) is -1.30. The summed E-state index contributed by atoms with van der Waals surface area (Å²) in [7, 11) is -2.39. The van der Waals surface area contributed by atoms with Crippen molar-refractivity contribution in [3.63, 3.8) is 0 Å². The van der Waals surface area contributed by atoms with Gasteiger partial charge < -0.3 is 14.9 Å². The van der Waals surface area contributed by atoms with E-state index in [4.69, 9.17) is 23.9 Å². The van der Waals surface area contributed by atoms with Gasteiger partial charge in [-0.1, -0.05) is 32.9 Å². The lowest BCUT2D eigenvalue weighted by molar-refractivity contribution is -0.384. The van der Waals surface area contributed by atoms with Gasteiger partial charge in [-0.3, -0.25) is 23.7 Å². The summed E-state index contributed by atoms with van der Waals surface area (Å²) in [6, 6.07) is 6.06. The Morgan fingerprint density at radius 1 is 1.30 bits per heavy atom. The lowest BCUT2D eigenvalue weighted by Gasteiger charge is -2.41. The zero-order valence-corrected chi connectivity index (χ0v) is 26.8. The Hall–Kier alpha value is -1.91. The maximum atomic E-state index is 13.8. The van der Waals surface area contributed by atoms with Crippen LogP contribution < -0.4 is 5.73 Å². The maximum absolute atomic E-state index is 13.8. The minimum Gasteiger partial charge on any atom is -0.407 e. The summed E-state index contributed by atoms with van der Waals surface area (Å²) in [6.45, 7) is 7.04. The molecule has 0 saturated carbocycles. The molecule has 13 nitrogen and oxygen atoms in total. The number of imidazole rings is 1. The van der Waals surface area contributed by atoms with Crippen LogP contribution in [0, 0.1) is 10.1 Å². The highest BCUT2D eigenvalue weighted by Crippen LogP contribution is 2.66. The van der Waals surface area contributed by atoms with Crippen molar-refractivity contribution in [1.29, 1.82) is 0 Å². The number of nitrogens with two attached hydrogens (primary N) is 1. The van der Waals surface area contributed by atoms with E-state index in [2.05, 4.69) is 64.7 Å². The van der Waals surface area contributed by atoms with Crippen molar-refractivity contribution in [3.8, 4) is 0 Å². The molecule has 2 aliphatic heterocycles. The van der Waals surface area contributed by atoms with Crippen LogP contribution in [0.5, 0.6) is 0 Å². The lowest BCUT2D eigenvalue weighted by atomic mass is 10.1. The van der Waals surface area contributed by atoms with Crippen LogP contribution in [0.15, 0.2) is 35.3 Å². The maximum Gasteiger partial charge on any atom is 0.389 e. The predicted octanol–water partition coefficient (Wildman–Crippen LogP) is 5.82. The highest BCUT2D eigenvalue weighted by Gasteiger charge is 2.57. The second kappa shape index (κ2) is 10.7. The summed E-state index contributed by atoms with van der Waals surface area (Å²) in [4.78, 5) is 23.4. The standard InChI is InChI=1S/C23H30BrN6O7PSSi/c1-23(2,3)40(4,5)37-18-17-15(35-21(18)29-20-16(28-22(29)24)19(25)26-12-27-20)10-34-38(33,36-17)39-11-13-6-8-14(9-7-13)30(31)32/h6-9,12,15,17-18,21H,10-11H2,1-5H3,(H2,25,26,27). The van der Waals surface area contributed by atoms with Crippen molar-refractivity contribution < 1.29 is 27.7 Å². The van der Waals surface area contributed by atoms with Gasteiger partial charge in [0.05, 0.1) is 11.5 Å². The Bertz CT molecular complexity index is 1490. The second-order valence-electron chi connectivity index (χ2n) is 11.1.